The minimum absolute atomic E-state index is 0.431. The number of aryl methyl sites for hydroxylation is 1. The zero-order valence-electron chi connectivity index (χ0n) is 8.59. The number of nitrogens with two attached hydrogens (primary N) is 1. The van der Waals surface area contributed by atoms with Gasteiger partial charge in [0, 0.05) is 6.20 Å². The molecule has 0 fully saturated rings. The van der Waals surface area contributed by atoms with Crippen LogP contribution in [0.3, 0.4) is 0 Å². The normalized spacial score (nSPS) is 10.5. The number of aromatic nitrogens is 4. The van der Waals surface area contributed by atoms with Gasteiger partial charge >= 0.3 is 0 Å². The Hall–Kier alpha value is -1.91. The Morgan fingerprint density at radius 1 is 1.40 bits per heavy atom. The van der Waals surface area contributed by atoms with Crippen LogP contribution in [0.25, 0.3) is 0 Å². The molecule has 0 saturated carbocycles. The maximum atomic E-state index is 5.46. The zero-order chi connectivity index (χ0) is 10.7. The van der Waals surface area contributed by atoms with Crippen LogP contribution in [0.5, 0.6) is 0 Å². The molecule has 0 aliphatic rings. The van der Waals surface area contributed by atoms with Gasteiger partial charge in [-0.25, -0.2) is 4.68 Å². The lowest BCUT2D eigenvalue weighted by Crippen LogP contribution is -2.02. The predicted octanol–water partition coefficient (Wildman–Crippen LogP) is 0.866. The molecule has 0 atom stereocenters. The molecule has 0 radical (unpaired) electrons. The third-order valence-corrected chi connectivity index (χ3v) is 2.17. The Bertz CT molecular complexity index is 431. The Morgan fingerprint density at radius 2 is 2.27 bits per heavy atom. The van der Waals surface area contributed by atoms with Gasteiger partial charge in [0.15, 0.2) is 5.82 Å². The maximum Gasteiger partial charge on any atom is 0.165 e. The second kappa shape index (κ2) is 4.08. The maximum absolute atomic E-state index is 5.46. The van der Waals surface area contributed by atoms with Crippen LogP contribution in [0.2, 0.25) is 0 Å². The monoisotopic (exact) mass is 203 g/mol. The van der Waals surface area contributed by atoms with E-state index in [-0.39, 0.29) is 0 Å². The first kappa shape index (κ1) is 9.64. The van der Waals surface area contributed by atoms with Gasteiger partial charge in [0.25, 0.3) is 0 Å². The van der Waals surface area contributed by atoms with Gasteiger partial charge in [-0.2, -0.15) is 0 Å². The summed E-state index contributed by atoms with van der Waals surface area (Å²) in [5.74, 6) is 0.431. The summed E-state index contributed by atoms with van der Waals surface area (Å²) < 4.78 is 1.67. The van der Waals surface area contributed by atoms with Crippen molar-refractivity contribution in [2.24, 2.45) is 0 Å². The summed E-state index contributed by atoms with van der Waals surface area (Å²) in [6.07, 6.45) is 4.58. The van der Waals surface area contributed by atoms with E-state index in [1.54, 1.807) is 10.9 Å². The summed E-state index contributed by atoms with van der Waals surface area (Å²) >= 11 is 0. The van der Waals surface area contributed by atoms with Gasteiger partial charge in [-0.15, -0.1) is 5.10 Å². The highest BCUT2D eigenvalue weighted by molar-refractivity contribution is 5.20. The molecular weight excluding hydrogens is 190 g/mol. The lowest BCUT2D eigenvalue weighted by atomic mass is 10.2. The van der Waals surface area contributed by atoms with Crippen LogP contribution in [-0.2, 0) is 13.0 Å². The molecule has 2 rings (SSSR count). The number of rotatable bonds is 3. The second-order valence-corrected chi connectivity index (χ2v) is 3.35. The van der Waals surface area contributed by atoms with E-state index in [0.717, 1.165) is 12.1 Å². The fourth-order valence-corrected chi connectivity index (χ4v) is 1.31. The summed E-state index contributed by atoms with van der Waals surface area (Å²) in [5.41, 5.74) is 7.65. The van der Waals surface area contributed by atoms with E-state index in [1.165, 1.54) is 5.56 Å². The van der Waals surface area contributed by atoms with Crippen LogP contribution < -0.4 is 5.73 Å². The summed E-state index contributed by atoms with van der Waals surface area (Å²) in [5, 5.41) is 7.56. The van der Waals surface area contributed by atoms with Gasteiger partial charge in [-0.1, -0.05) is 18.2 Å². The third-order valence-electron chi connectivity index (χ3n) is 2.17. The molecule has 2 heterocycles. The third kappa shape index (κ3) is 2.31. The van der Waals surface area contributed by atoms with Crippen LogP contribution in [0, 0.1) is 0 Å². The van der Waals surface area contributed by atoms with Crippen LogP contribution in [0.15, 0.2) is 24.5 Å². The number of hydrogen-bond acceptors (Lipinski definition) is 4. The molecule has 5 nitrogen and oxygen atoms in total. The van der Waals surface area contributed by atoms with Gasteiger partial charge in [-0.05, 0) is 18.1 Å². The molecule has 0 aliphatic carbocycles. The molecule has 0 bridgehead atoms. The van der Waals surface area contributed by atoms with Crippen molar-refractivity contribution in [1.82, 2.24) is 20.0 Å². The Kier molecular flexibility index (Phi) is 2.62. The van der Waals surface area contributed by atoms with Gasteiger partial charge in [0.1, 0.15) is 0 Å². The number of hydrogen-bond donors (Lipinski definition) is 1. The number of anilines is 1. The van der Waals surface area contributed by atoms with Gasteiger partial charge in [0.05, 0.1) is 18.4 Å². The first-order chi connectivity index (χ1) is 7.28. The molecule has 15 heavy (non-hydrogen) atoms. The Balaban J connectivity index is 2.11. The molecule has 0 aliphatic heterocycles. The van der Waals surface area contributed by atoms with Crippen molar-refractivity contribution in [3.05, 3.63) is 35.8 Å². The highest BCUT2D eigenvalue weighted by Crippen LogP contribution is 2.03. The van der Waals surface area contributed by atoms with Crippen LogP contribution in [0.4, 0.5) is 5.82 Å². The van der Waals surface area contributed by atoms with Crippen molar-refractivity contribution >= 4 is 5.82 Å². The predicted molar refractivity (Wildman–Crippen MR) is 57.2 cm³/mol. The Labute approximate surface area is 87.9 Å². The fraction of sp³-hybridized carbons (Fsp3) is 0.300. The SMILES string of the molecule is CCc1ccc(Cn2cc(N)nn2)nc1. The van der Waals surface area contributed by atoms with Gasteiger partial charge in [-0.3, -0.25) is 4.98 Å². The van der Waals surface area contributed by atoms with E-state index in [9.17, 15) is 0 Å². The van der Waals surface area contributed by atoms with Crippen LogP contribution in [0.1, 0.15) is 18.2 Å². The van der Waals surface area contributed by atoms with Crippen LogP contribution >= 0.6 is 0 Å². The average molecular weight is 203 g/mol. The molecule has 2 N–H and O–H groups in total. The standard InChI is InChI=1S/C10H13N5/c1-2-8-3-4-9(12-5-8)6-15-7-10(11)13-14-15/h3-5,7H,2,6,11H2,1H3. The highest BCUT2D eigenvalue weighted by Gasteiger charge is 1.99. The van der Waals surface area contributed by atoms with Crippen molar-refractivity contribution in [2.45, 2.75) is 19.9 Å². The largest absolute Gasteiger partial charge is 0.381 e. The van der Waals surface area contributed by atoms with Crippen molar-refractivity contribution in [2.75, 3.05) is 5.73 Å². The van der Waals surface area contributed by atoms with E-state index < -0.39 is 0 Å². The molecule has 0 aromatic carbocycles. The molecule has 0 spiro atoms. The fourth-order valence-electron chi connectivity index (χ4n) is 1.31. The summed E-state index contributed by atoms with van der Waals surface area (Å²) in [4.78, 5) is 4.32. The van der Waals surface area contributed by atoms with Gasteiger partial charge < -0.3 is 5.73 Å². The van der Waals surface area contributed by atoms with E-state index in [1.807, 2.05) is 12.3 Å². The smallest absolute Gasteiger partial charge is 0.165 e. The minimum Gasteiger partial charge on any atom is -0.381 e. The molecule has 2 aromatic rings. The molecular formula is C10H13N5. The summed E-state index contributed by atoms with van der Waals surface area (Å²) in [7, 11) is 0. The first-order valence-electron chi connectivity index (χ1n) is 4.87. The molecule has 78 valence electrons. The van der Waals surface area contributed by atoms with Crippen molar-refractivity contribution < 1.29 is 0 Å². The average Bonchev–Trinajstić information content (AvgIpc) is 2.65. The number of nitrogen functional groups attached to an aromatic ring is 1. The topological polar surface area (TPSA) is 69.6 Å². The summed E-state index contributed by atoms with van der Waals surface area (Å²) in [6.45, 7) is 2.71. The molecule has 5 heteroatoms. The number of pyridine rings is 1. The highest BCUT2D eigenvalue weighted by atomic mass is 15.4. The van der Waals surface area contributed by atoms with E-state index in [4.69, 9.17) is 5.73 Å². The quantitative estimate of drug-likeness (QED) is 0.803. The van der Waals surface area contributed by atoms with E-state index in [0.29, 0.717) is 12.4 Å². The zero-order valence-corrected chi connectivity index (χ0v) is 8.59. The van der Waals surface area contributed by atoms with E-state index >= 15 is 0 Å². The van der Waals surface area contributed by atoms with Crippen molar-refractivity contribution in [1.29, 1.82) is 0 Å². The second-order valence-electron chi connectivity index (χ2n) is 3.35. The van der Waals surface area contributed by atoms with Crippen LogP contribution in [-0.4, -0.2) is 20.0 Å². The van der Waals surface area contributed by atoms with Gasteiger partial charge in [0.2, 0.25) is 0 Å². The molecule has 0 unspecified atom stereocenters. The molecule has 0 saturated heterocycles. The molecule has 2 aromatic heterocycles. The lowest BCUT2D eigenvalue weighted by molar-refractivity contribution is 0.638. The minimum atomic E-state index is 0.431. The van der Waals surface area contributed by atoms with E-state index in [2.05, 4.69) is 28.3 Å². The van der Waals surface area contributed by atoms with Crippen molar-refractivity contribution in [3.8, 4) is 0 Å². The molecule has 0 amide bonds. The van der Waals surface area contributed by atoms with Crippen molar-refractivity contribution in [3.63, 3.8) is 0 Å². The number of nitrogens with zero attached hydrogens (tertiary/aromatic N) is 4. The first-order valence-corrected chi connectivity index (χ1v) is 4.87. The Morgan fingerprint density at radius 3 is 2.80 bits per heavy atom. The summed E-state index contributed by atoms with van der Waals surface area (Å²) in [6, 6.07) is 4.07. The lowest BCUT2D eigenvalue weighted by Gasteiger charge is -2.01.